The lowest BCUT2D eigenvalue weighted by molar-refractivity contribution is -0.130. The molecule has 118 valence electrons. The molecule has 0 aliphatic rings. The number of carbonyl (C=O) groups is 1. The Balaban J connectivity index is 1.97. The summed E-state index contributed by atoms with van der Waals surface area (Å²) in [4.78, 5) is 19.7. The highest BCUT2D eigenvalue weighted by atomic mass is 16.5. The molecule has 0 spiro atoms. The number of nitrogens with zero attached hydrogens (tertiary/aromatic N) is 2. The van der Waals surface area contributed by atoms with E-state index in [1.807, 2.05) is 6.07 Å². The van der Waals surface area contributed by atoms with Crippen LogP contribution in [-0.2, 0) is 9.53 Å². The molecule has 0 radical (unpaired) electrons. The lowest BCUT2D eigenvalue weighted by Crippen LogP contribution is -2.36. The minimum atomic E-state index is -0.480. The zero-order chi connectivity index (χ0) is 15.9. The molecule has 1 amide bonds. The van der Waals surface area contributed by atoms with Gasteiger partial charge in [0.05, 0.1) is 19.2 Å². The predicted octanol–water partition coefficient (Wildman–Crippen LogP) is 1.17. The molecule has 1 aromatic heterocycles. The van der Waals surface area contributed by atoms with Gasteiger partial charge in [0.1, 0.15) is 19.0 Å². The molecule has 0 bridgehead atoms. The number of aromatic nitrogens is 2. The van der Waals surface area contributed by atoms with Crippen molar-refractivity contribution in [2.24, 2.45) is 0 Å². The normalized spacial score (nSPS) is 12.0. The van der Waals surface area contributed by atoms with E-state index in [1.165, 1.54) is 13.4 Å². The van der Waals surface area contributed by atoms with E-state index in [0.29, 0.717) is 24.7 Å². The van der Waals surface area contributed by atoms with Gasteiger partial charge in [-0.25, -0.2) is 9.97 Å². The Hall–Kier alpha value is -2.41. The second kappa shape index (κ2) is 7.56. The number of hydrogen-bond donors (Lipinski definition) is 1. The van der Waals surface area contributed by atoms with Crippen molar-refractivity contribution in [1.29, 1.82) is 0 Å². The van der Waals surface area contributed by atoms with Crippen LogP contribution >= 0.6 is 0 Å². The molecule has 7 heteroatoms. The second-order valence-electron chi connectivity index (χ2n) is 4.60. The Labute approximate surface area is 128 Å². The molecule has 1 atom stereocenters. The number of methoxy groups -OCH3 is 2. The van der Waals surface area contributed by atoms with Gasteiger partial charge < -0.3 is 19.5 Å². The van der Waals surface area contributed by atoms with E-state index in [0.717, 1.165) is 10.9 Å². The van der Waals surface area contributed by atoms with E-state index < -0.39 is 6.10 Å². The molecule has 1 heterocycles. The third kappa shape index (κ3) is 3.82. The zero-order valence-corrected chi connectivity index (χ0v) is 12.8. The van der Waals surface area contributed by atoms with E-state index >= 15 is 0 Å². The van der Waals surface area contributed by atoms with Gasteiger partial charge in [-0.2, -0.15) is 0 Å². The summed E-state index contributed by atoms with van der Waals surface area (Å²) < 4.78 is 15.9. The molecule has 1 N–H and O–H groups in total. The van der Waals surface area contributed by atoms with Gasteiger partial charge in [-0.15, -0.1) is 0 Å². The number of benzene rings is 1. The molecule has 2 aromatic rings. The first-order valence-electron chi connectivity index (χ1n) is 6.86. The third-order valence-electron chi connectivity index (χ3n) is 3.17. The summed E-state index contributed by atoms with van der Waals surface area (Å²) in [6.07, 6.45) is 2.71. The van der Waals surface area contributed by atoms with Crippen molar-refractivity contribution in [2.45, 2.75) is 13.0 Å². The highest BCUT2D eigenvalue weighted by molar-refractivity contribution is 5.81. The van der Waals surface area contributed by atoms with Crippen molar-refractivity contribution in [3.63, 3.8) is 0 Å². The molecule has 0 aliphatic heterocycles. The number of fused-ring (bicyclic) bond motifs is 1. The van der Waals surface area contributed by atoms with Gasteiger partial charge in [-0.05, 0) is 13.0 Å². The number of rotatable bonds is 7. The van der Waals surface area contributed by atoms with Crippen molar-refractivity contribution in [1.82, 2.24) is 15.3 Å². The maximum Gasteiger partial charge on any atom is 0.248 e. The molecular weight excluding hydrogens is 286 g/mol. The smallest absolute Gasteiger partial charge is 0.248 e. The van der Waals surface area contributed by atoms with Gasteiger partial charge in [-0.3, -0.25) is 4.79 Å². The molecule has 0 fully saturated rings. The van der Waals surface area contributed by atoms with Crippen LogP contribution in [-0.4, -0.2) is 49.4 Å². The molecule has 1 aromatic carbocycles. The van der Waals surface area contributed by atoms with Crippen LogP contribution in [0, 0.1) is 0 Å². The van der Waals surface area contributed by atoms with Gasteiger partial charge in [0.25, 0.3) is 0 Å². The average molecular weight is 305 g/mol. The van der Waals surface area contributed by atoms with Crippen LogP contribution in [0.5, 0.6) is 11.5 Å². The average Bonchev–Trinajstić information content (AvgIpc) is 2.56. The summed E-state index contributed by atoms with van der Waals surface area (Å²) in [6, 6.07) is 3.60. The number of ether oxygens (including phenoxy) is 3. The summed E-state index contributed by atoms with van der Waals surface area (Å²) in [6.45, 7) is 2.37. The van der Waals surface area contributed by atoms with Crippen molar-refractivity contribution in [3.05, 3.63) is 24.7 Å². The van der Waals surface area contributed by atoms with Crippen molar-refractivity contribution in [2.75, 3.05) is 27.4 Å². The first kappa shape index (κ1) is 16.0. The quantitative estimate of drug-likeness (QED) is 0.773. The maximum absolute atomic E-state index is 11.6. The van der Waals surface area contributed by atoms with E-state index in [4.69, 9.17) is 14.2 Å². The van der Waals surface area contributed by atoms with Crippen LogP contribution in [0.4, 0.5) is 0 Å². The number of carbonyl (C=O) groups excluding carboxylic acids is 1. The minimum absolute atomic E-state index is 0.177. The first-order chi connectivity index (χ1) is 10.7. The van der Waals surface area contributed by atoms with E-state index in [9.17, 15) is 4.79 Å². The topological polar surface area (TPSA) is 82.6 Å². The lowest BCUT2D eigenvalue weighted by atomic mass is 10.2. The van der Waals surface area contributed by atoms with Crippen LogP contribution in [0.25, 0.3) is 10.9 Å². The Kier molecular flexibility index (Phi) is 5.48. The van der Waals surface area contributed by atoms with Crippen LogP contribution in [0.1, 0.15) is 6.92 Å². The summed E-state index contributed by atoms with van der Waals surface area (Å²) in [5.74, 6) is 0.992. The first-order valence-corrected chi connectivity index (χ1v) is 6.86. The molecule has 22 heavy (non-hydrogen) atoms. The predicted molar refractivity (Wildman–Crippen MR) is 81.1 cm³/mol. The Bertz CT molecular complexity index is 648. The second-order valence-corrected chi connectivity index (χ2v) is 4.60. The Morgan fingerprint density at radius 2 is 2.14 bits per heavy atom. The molecule has 7 nitrogen and oxygen atoms in total. The fraction of sp³-hybridized carbons (Fsp3) is 0.400. The molecular formula is C15H19N3O4. The van der Waals surface area contributed by atoms with Gasteiger partial charge in [0.15, 0.2) is 11.5 Å². The molecule has 0 aliphatic carbocycles. The van der Waals surface area contributed by atoms with Crippen LogP contribution in [0.2, 0.25) is 0 Å². The largest absolute Gasteiger partial charge is 0.493 e. The molecule has 0 saturated carbocycles. The highest BCUT2D eigenvalue weighted by Gasteiger charge is 2.11. The number of amides is 1. The molecule has 0 saturated heterocycles. The molecule has 1 unspecified atom stereocenters. The number of nitrogens with one attached hydrogen (secondary N) is 1. The summed E-state index contributed by atoms with van der Waals surface area (Å²) in [5, 5.41) is 3.59. The number of hydrogen-bond acceptors (Lipinski definition) is 6. The lowest BCUT2D eigenvalue weighted by Gasteiger charge is -2.13. The van der Waals surface area contributed by atoms with Crippen LogP contribution in [0.15, 0.2) is 24.7 Å². The monoisotopic (exact) mass is 305 g/mol. The van der Waals surface area contributed by atoms with E-state index in [1.54, 1.807) is 26.3 Å². The van der Waals surface area contributed by atoms with Gasteiger partial charge in [0, 0.05) is 24.8 Å². The third-order valence-corrected chi connectivity index (χ3v) is 3.17. The highest BCUT2D eigenvalue weighted by Crippen LogP contribution is 2.30. The van der Waals surface area contributed by atoms with E-state index in [-0.39, 0.29) is 5.91 Å². The van der Waals surface area contributed by atoms with Gasteiger partial charge >= 0.3 is 0 Å². The summed E-state index contributed by atoms with van der Waals surface area (Å²) in [7, 11) is 3.06. The van der Waals surface area contributed by atoms with Gasteiger partial charge in [0.2, 0.25) is 5.91 Å². The van der Waals surface area contributed by atoms with Crippen molar-refractivity contribution >= 4 is 16.8 Å². The van der Waals surface area contributed by atoms with Crippen molar-refractivity contribution < 1.29 is 19.0 Å². The summed E-state index contributed by atoms with van der Waals surface area (Å²) in [5.41, 5.74) is 0.767. The minimum Gasteiger partial charge on any atom is -0.493 e. The molecule has 2 rings (SSSR count). The van der Waals surface area contributed by atoms with Crippen LogP contribution in [0.3, 0.4) is 0 Å². The van der Waals surface area contributed by atoms with Gasteiger partial charge in [-0.1, -0.05) is 0 Å². The van der Waals surface area contributed by atoms with Crippen molar-refractivity contribution in [3.8, 4) is 11.5 Å². The van der Waals surface area contributed by atoms with E-state index in [2.05, 4.69) is 15.3 Å². The van der Waals surface area contributed by atoms with Crippen LogP contribution < -0.4 is 14.8 Å². The Morgan fingerprint density at radius 1 is 1.32 bits per heavy atom. The fourth-order valence-corrected chi connectivity index (χ4v) is 1.85. The SMILES string of the molecule is COc1cc2cncnc2cc1OCCNC(=O)C(C)OC. The fourth-order valence-electron chi connectivity index (χ4n) is 1.85. The standard InChI is InChI=1S/C15H19N3O4/c1-10(20-2)15(19)17-4-5-22-14-7-12-11(6-13(14)21-3)8-16-9-18-12/h6-10H,4-5H2,1-3H3,(H,17,19). The Morgan fingerprint density at radius 3 is 2.86 bits per heavy atom. The zero-order valence-electron chi connectivity index (χ0n) is 12.8. The maximum atomic E-state index is 11.6. The summed E-state index contributed by atoms with van der Waals surface area (Å²) >= 11 is 0.